The number of nitrogens with one attached hydrogen (secondary N) is 2. The van der Waals surface area contributed by atoms with E-state index in [0.717, 1.165) is 37.4 Å². The number of piperazine rings is 1. The van der Waals surface area contributed by atoms with E-state index in [-0.39, 0.29) is 0 Å². The van der Waals surface area contributed by atoms with Gasteiger partial charge >= 0.3 is 0 Å². The number of aliphatic hydroxyl groups excluding tert-OH is 1. The van der Waals surface area contributed by atoms with E-state index in [1.165, 1.54) is 24.5 Å². The normalized spacial score (nSPS) is 23.0. The second-order valence-electron chi connectivity index (χ2n) is 6.12. The highest BCUT2D eigenvalue weighted by molar-refractivity contribution is 5.34. The summed E-state index contributed by atoms with van der Waals surface area (Å²) < 4.78 is 5.82. The Morgan fingerprint density at radius 1 is 1.23 bits per heavy atom. The van der Waals surface area contributed by atoms with Crippen molar-refractivity contribution in [2.45, 2.75) is 19.4 Å². The highest BCUT2D eigenvalue weighted by Crippen LogP contribution is 2.18. The van der Waals surface area contributed by atoms with Crippen molar-refractivity contribution in [3.63, 3.8) is 0 Å². The zero-order valence-corrected chi connectivity index (χ0v) is 13.7. The lowest BCUT2D eigenvalue weighted by Crippen LogP contribution is -3.28. The molecule has 1 saturated heterocycles. The van der Waals surface area contributed by atoms with Crippen LogP contribution >= 0.6 is 0 Å². The van der Waals surface area contributed by atoms with E-state index >= 15 is 0 Å². The topological polar surface area (TPSA) is 38.3 Å². The third-order valence-corrected chi connectivity index (χ3v) is 4.46. The molecule has 0 aliphatic carbocycles. The molecule has 2 rings (SSSR count). The van der Waals surface area contributed by atoms with E-state index in [1.807, 2.05) is 30.3 Å². The lowest BCUT2D eigenvalue weighted by Gasteiger charge is -2.30. The fourth-order valence-electron chi connectivity index (χ4n) is 3.06. The molecular formula is C18H30N2O2+2. The number of rotatable bonds is 8. The molecular weight excluding hydrogens is 276 g/mol. The van der Waals surface area contributed by atoms with Gasteiger partial charge in [0.2, 0.25) is 0 Å². The summed E-state index contributed by atoms with van der Waals surface area (Å²) in [5, 5.41) is 10.2. The SMILES string of the molecule is C=CCc1ccccc1OCC(O)C[NH+]1CC[NH+](CC)CC1. The number of benzene rings is 1. The first-order valence-corrected chi connectivity index (χ1v) is 8.39. The molecule has 3 N–H and O–H groups in total. The Morgan fingerprint density at radius 2 is 1.91 bits per heavy atom. The molecule has 0 amide bonds. The van der Waals surface area contributed by atoms with E-state index in [9.17, 15) is 5.11 Å². The van der Waals surface area contributed by atoms with Crippen LogP contribution < -0.4 is 14.5 Å². The Bertz CT molecular complexity index is 456. The van der Waals surface area contributed by atoms with E-state index in [0.29, 0.717) is 6.61 Å². The third kappa shape index (κ3) is 5.13. The summed E-state index contributed by atoms with van der Waals surface area (Å²) in [6, 6.07) is 7.97. The Balaban J connectivity index is 1.76. The molecule has 1 aliphatic rings. The van der Waals surface area contributed by atoms with Crippen molar-refractivity contribution < 1.29 is 19.6 Å². The van der Waals surface area contributed by atoms with Crippen molar-refractivity contribution in [3.05, 3.63) is 42.5 Å². The summed E-state index contributed by atoms with van der Waals surface area (Å²) in [6.07, 6.45) is 2.26. The number of hydrogen-bond acceptors (Lipinski definition) is 2. The predicted molar refractivity (Wildman–Crippen MR) is 88.6 cm³/mol. The van der Waals surface area contributed by atoms with Gasteiger partial charge in [0.25, 0.3) is 0 Å². The van der Waals surface area contributed by atoms with Crippen molar-refractivity contribution in [3.8, 4) is 5.75 Å². The lowest BCUT2D eigenvalue weighted by molar-refractivity contribution is -1.01. The summed E-state index contributed by atoms with van der Waals surface area (Å²) in [5.74, 6) is 0.858. The van der Waals surface area contributed by atoms with E-state index in [1.54, 1.807) is 4.90 Å². The van der Waals surface area contributed by atoms with E-state index in [4.69, 9.17) is 4.74 Å². The van der Waals surface area contributed by atoms with Crippen LogP contribution in [0.15, 0.2) is 36.9 Å². The molecule has 0 bridgehead atoms. The Labute approximate surface area is 134 Å². The maximum atomic E-state index is 10.2. The molecule has 1 heterocycles. The second kappa shape index (κ2) is 8.93. The monoisotopic (exact) mass is 306 g/mol. The van der Waals surface area contributed by atoms with Crippen molar-refractivity contribution in [1.82, 2.24) is 0 Å². The fourth-order valence-corrected chi connectivity index (χ4v) is 3.06. The molecule has 0 spiro atoms. The molecule has 4 nitrogen and oxygen atoms in total. The van der Waals surface area contributed by atoms with E-state index < -0.39 is 6.10 Å². The quantitative estimate of drug-likeness (QED) is 0.537. The van der Waals surface area contributed by atoms with Crippen LogP contribution in [-0.4, -0.2) is 57.1 Å². The Kier molecular flexibility index (Phi) is 6.90. The summed E-state index contributed by atoms with van der Waals surface area (Å²) in [7, 11) is 0. The van der Waals surface area contributed by atoms with Gasteiger partial charge in [0.1, 0.15) is 51.2 Å². The molecule has 0 radical (unpaired) electrons. The van der Waals surface area contributed by atoms with Crippen molar-refractivity contribution in [2.75, 3.05) is 45.9 Å². The lowest BCUT2D eigenvalue weighted by atomic mass is 10.1. The fraction of sp³-hybridized carbons (Fsp3) is 0.556. The van der Waals surface area contributed by atoms with Gasteiger partial charge in [-0.15, -0.1) is 6.58 Å². The molecule has 122 valence electrons. The molecule has 22 heavy (non-hydrogen) atoms. The first-order valence-electron chi connectivity index (χ1n) is 8.39. The minimum atomic E-state index is -0.407. The minimum absolute atomic E-state index is 0.363. The van der Waals surface area contributed by atoms with Crippen LogP contribution in [0.2, 0.25) is 0 Å². The maximum Gasteiger partial charge on any atom is 0.137 e. The summed E-state index contributed by atoms with van der Waals surface area (Å²) in [5.41, 5.74) is 1.12. The van der Waals surface area contributed by atoms with Crippen LogP contribution in [0.5, 0.6) is 5.75 Å². The van der Waals surface area contributed by atoms with Gasteiger partial charge in [0.05, 0.1) is 6.54 Å². The Hall–Kier alpha value is -1.36. The smallest absolute Gasteiger partial charge is 0.137 e. The molecule has 1 aromatic rings. The van der Waals surface area contributed by atoms with Crippen LogP contribution in [0.4, 0.5) is 0 Å². The number of hydrogen-bond donors (Lipinski definition) is 3. The van der Waals surface area contributed by atoms with Gasteiger partial charge in [0.15, 0.2) is 0 Å². The van der Waals surface area contributed by atoms with Crippen molar-refractivity contribution in [2.24, 2.45) is 0 Å². The number of para-hydroxylation sites is 1. The van der Waals surface area contributed by atoms with Gasteiger partial charge in [-0.3, -0.25) is 0 Å². The largest absolute Gasteiger partial charge is 0.490 e. The van der Waals surface area contributed by atoms with Gasteiger partial charge in [-0.2, -0.15) is 0 Å². The van der Waals surface area contributed by atoms with Gasteiger partial charge in [-0.1, -0.05) is 24.3 Å². The second-order valence-corrected chi connectivity index (χ2v) is 6.12. The number of ether oxygens (including phenoxy) is 1. The average molecular weight is 306 g/mol. The van der Waals surface area contributed by atoms with Gasteiger partial charge in [-0.05, 0) is 25.0 Å². The summed E-state index contributed by atoms with van der Waals surface area (Å²) in [4.78, 5) is 3.17. The first-order chi connectivity index (χ1) is 10.7. The number of allylic oxidation sites excluding steroid dienone is 1. The highest BCUT2D eigenvalue weighted by Gasteiger charge is 2.24. The molecule has 4 heteroatoms. The molecule has 1 unspecified atom stereocenters. The van der Waals surface area contributed by atoms with Crippen molar-refractivity contribution >= 4 is 0 Å². The van der Waals surface area contributed by atoms with E-state index in [2.05, 4.69) is 13.5 Å². The first kappa shape index (κ1) is 17.0. The van der Waals surface area contributed by atoms with Gasteiger partial charge < -0.3 is 19.6 Å². The Morgan fingerprint density at radius 3 is 2.59 bits per heavy atom. The molecule has 0 aromatic heterocycles. The highest BCUT2D eigenvalue weighted by atomic mass is 16.5. The van der Waals surface area contributed by atoms with Crippen LogP contribution in [-0.2, 0) is 6.42 Å². The van der Waals surface area contributed by atoms with Gasteiger partial charge in [-0.25, -0.2) is 0 Å². The number of aliphatic hydroxyl groups is 1. The minimum Gasteiger partial charge on any atom is -0.490 e. The van der Waals surface area contributed by atoms with Crippen LogP contribution in [0.1, 0.15) is 12.5 Å². The maximum absolute atomic E-state index is 10.2. The van der Waals surface area contributed by atoms with Gasteiger partial charge in [0, 0.05) is 0 Å². The molecule has 1 aromatic carbocycles. The molecule has 1 fully saturated rings. The molecule has 1 atom stereocenters. The number of quaternary nitrogens is 2. The standard InChI is InChI=1S/C18H28N2O2/c1-3-7-16-8-5-6-9-18(16)22-15-17(21)14-20-12-10-19(4-2)11-13-20/h3,5-6,8-9,17,21H,1,4,7,10-15H2,2H3/p+2. The predicted octanol–water partition coefficient (Wildman–Crippen LogP) is -1.04. The molecule has 0 saturated carbocycles. The zero-order chi connectivity index (χ0) is 15.8. The van der Waals surface area contributed by atoms with Crippen LogP contribution in [0.3, 0.4) is 0 Å². The van der Waals surface area contributed by atoms with Crippen molar-refractivity contribution in [1.29, 1.82) is 0 Å². The van der Waals surface area contributed by atoms with Crippen LogP contribution in [0.25, 0.3) is 0 Å². The summed E-state index contributed by atoms with van der Waals surface area (Å²) >= 11 is 0. The third-order valence-electron chi connectivity index (χ3n) is 4.46. The number of likely N-dealkylation sites (N-methyl/N-ethyl adjacent to an activating group) is 1. The summed E-state index contributed by atoms with van der Waals surface area (Å²) in [6.45, 7) is 13.1. The average Bonchev–Trinajstić information content (AvgIpc) is 2.55. The zero-order valence-electron chi connectivity index (χ0n) is 13.7. The molecule has 1 aliphatic heterocycles. The van der Waals surface area contributed by atoms with Crippen LogP contribution in [0, 0.1) is 0 Å².